The molecule has 0 aromatic carbocycles. The molecule has 0 aliphatic rings. The molecule has 0 aromatic heterocycles. The van der Waals surface area contributed by atoms with Crippen LogP contribution < -0.4 is 0 Å². The summed E-state index contributed by atoms with van der Waals surface area (Å²) in [6.45, 7) is 0. The van der Waals surface area contributed by atoms with E-state index >= 15 is 0 Å². The Balaban J connectivity index is -0.000000000833. The van der Waals surface area contributed by atoms with Gasteiger partial charge in [-0.25, -0.2) is 0 Å². The van der Waals surface area contributed by atoms with E-state index in [9.17, 15) is 0 Å². The van der Waals surface area contributed by atoms with Gasteiger partial charge >= 0.3 is 106 Å². The Kier molecular flexibility index (Phi) is 236. The van der Waals surface area contributed by atoms with Crippen LogP contribution in [0.5, 0.6) is 0 Å². The molecule has 0 aromatic rings. The van der Waals surface area contributed by atoms with Gasteiger partial charge in [-0.3, -0.25) is 0 Å². The monoisotopic (exact) mass is 796 g/mol. The first-order valence-electron chi connectivity index (χ1n) is 0.167. The topological polar surface area (TPSA) is 48.6 Å². The maximum absolute atomic E-state index is 8.26. The van der Waals surface area contributed by atoms with Crippen molar-refractivity contribution in [1.82, 2.24) is 0 Å². The molecule has 0 spiro atoms. The molecule has 0 saturated heterocycles. The Bertz CT molecular complexity index is 11.5. The van der Waals surface area contributed by atoms with Crippen LogP contribution >= 0.6 is 0 Å². The van der Waals surface area contributed by atoms with Crippen LogP contribution in [-0.4, -0.2) is 109 Å². The molecule has 0 heterocycles. The van der Waals surface area contributed by atoms with Gasteiger partial charge in [0.2, 0.25) is 0 Å². The predicted molar refractivity (Wildman–Crippen MR) is 37.1 cm³/mol. The summed E-state index contributed by atoms with van der Waals surface area (Å²) in [5, 5.41) is 0. The number of hydrogen-bond acceptors (Lipinski definition) is 1. The van der Waals surface area contributed by atoms with E-state index in [1.165, 1.54) is 0 Å². The molecule has 0 aliphatic carbocycles. The van der Waals surface area contributed by atoms with Crippen molar-refractivity contribution >= 4 is 103 Å². The Labute approximate surface area is 109 Å². The zero-order valence-corrected chi connectivity index (χ0v) is 22.3. The molecule has 6 heavy (non-hydrogen) atoms. The summed E-state index contributed by atoms with van der Waals surface area (Å²) in [4.78, 5) is 0. The quantitative estimate of drug-likeness (QED) is 0.230. The van der Waals surface area contributed by atoms with Crippen molar-refractivity contribution in [3.05, 3.63) is 0 Å². The number of hydrogen-bond donors (Lipinski definition) is 0. The fraction of sp³-hybridized carbons (Fsp3) is 0. The third-order valence-electron chi connectivity index (χ3n) is 0. The van der Waals surface area contributed by atoms with Gasteiger partial charge in [0.15, 0.2) is 0 Å². The van der Waals surface area contributed by atoms with Crippen LogP contribution in [0.4, 0.5) is 0 Å². The van der Waals surface area contributed by atoms with E-state index in [1.54, 1.807) is 0 Å². The average Bonchev–Trinajstić information content (AvgIpc) is 1.00. The van der Waals surface area contributed by atoms with E-state index in [2.05, 4.69) is 0 Å². The normalized spacial score (nSPS) is 0.667. The van der Waals surface area contributed by atoms with E-state index in [-0.39, 0.29) is 86.3 Å². The van der Waals surface area contributed by atoms with Crippen molar-refractivity contribution in [3.63, 3.8) is 0 Å². The zero-order chi connectivity index (χ0) is 2.00. The molecule has 0 bridgehead atoms. The van der Waals surface area contributed by atoms with E-state index in [0.29, 0.717) is 22.3 Å². The second-order valence-corrected chi connectivity index (χ2v) is 0. The first kappa shape index (κ1) is 34.7. The summed E-state index contributed by atoms with van der Waals surface area (Å²) in [7, 11) is 0. The maximum atomic E-state index is 8.26. The molecule has 0 saturated carbocycles. The molecule has 4 radical (unpaired) electrons. The Morgan fingerprint density at radius 3 is 1.00 bits per heavy atom. The molecule has 0 rings (SSSR count). The SMILES string of the molecule is O.O=[Te].[BiH3].[PbH2].[PbH2]. The van der Waals surface area contributed by atoms with Crippen molar-refractivity contribution in [2.75, 3.05) is 0 Å². The molecule has 2 N–H and O–H groups in total. The van der Waals surface area contributed by atoms with Crippen molar-refractivity contribution in [2.45, 2.75) is 0 Å². The first-order valence-corrected chi connectivity index (χ1v) is 1.12. The van der Waals surface area contributed by atoms with Gasteiger partial charge in [-0.1, -0.05) is 0 Å². The Morgan fingerprint density at radius 2 is 1.00 bits per heavy atom. The van der Waals surface area contributed by atoms with E-state index < -0.39 is 0 Å². The predicted octanol–water partition coefficient (Wildman–Crippen LogP) is -4.34. The van der Waals surface area contributed by atoms with Gasteiger partial charge in [0, 0.05) is 0 Å². The van der Waals surface area contributed by atoms with Crippen LogP contribution in [0.1, 0.15) is 0 Å². The second-order valence-electron chi connectivity index (χ2n) is 0. The van der Waals surface area contributed by atoms with Crippen LogP contribution in [0, 0.1) is 0 Å². The summed E-state index contributed by atoms with van der Waals surface area (Å²) < 4.78 is 8.26. The minimum absolute atomic E-state index is 0. The van der Waals surface area contributed by atoms with E-state index in [1.807, 2.05) is 0 Å². The summed E-state index contributed by atoms with van der Waals surface area (Å²) in [5.74, 6) is 0. The first-order chi connectivity index (χ1) is 1.00. The molecule has 0 atom stereocenters. The van der Waals surface area contributed by atoms with Crippen molar-refractivity contribution < 1.29 is 8.58 Å². The molecule has 2 nitrogen and oxygen atoms in total. The molecule has 6 heteroatoms. The molecular formula is H9BiO2Pb2Te. The second kappa shape index (κ2) is 40.8. The zero-order valence-electron chi connectivity index (χ0n) is 3.44. The minimum atomic E-state index is 0. The summed E-state index contributed by atoms with van der Waals surface area (Å²) >= 11 is 0.700. The van der Waals surface area contributed by atoms with E-state index in [0.717, 1.165) is 0 Å². The van der Waals surface area contributed by atoms with Gasteiger partial charge in [0.25, 0.3) is 0 Å². The summed E-state index contributed by atoms with van der Waals surface area (Å²) in [5.41, 5.74) is 0. The fourth-order valence-electron chi connectivity index (χ4n) is 0. The van der Waals surface area contributed by atoms with Gasteiger partial charge in [0.1, 0.15) is 0 Å². The molecule has 0 amide bonds. The van der Waals surface area contributed by atoms with Crippen molar-refractivity contribution in [2.24, 2.45) is 0 Å². The Morgan fingerprint density at radius 1 is 1.00 bits per heavy atom. The fourth-order valence-corrected chi connectivity index (χ4v) is 0. The molecule has 40 valence electrons. The van der Waals surface area contributed by atoms with Crippen molar-refractivity contribution in [1.29, 1.82) is 0 Å². The van der Waals surface area contributed by atoms with Crippen LogP contribution in [0.15, 0.2) is 0 Å². The Hall–Kier alpha value is 3.28. The van der Waals surface area contributed by atoms with Gasteiger partial charge in [0.05, 0.1) is 0 Å². The standard InChI is InChI=1S/Bi.OTe.H2O.2Pb.7H/c;1-2;;;;;;;;;;/h;;1H2;;;;;;;;;. The average molecular weight is 792 g/mol. The van der Waals surface area contributed by atoms with Gasteiger partial charge in [-0.2, -0.15) is 0 Å². The molecule has 0 fully saturated rings. The molecule has 0 aliphatic heterocycles. The van der Waals surface area contributed by atoms with Gasteiger partial charge < -0.3 is 5.48 Å². The van der Waals surface area contributed by atoms with Crippen LogP contribution in [0.2, 0.25) is 0 Å². The van der Waals surface area contributed by atoms with Crippen LogP contribution in [-0.2, 0) is 3.10 Å². The van der Waals surface area contributed by atoms with E-state index in [4.69, 9.17) is 3.10 Å². The third-order valence-corrected chi connectivity index (χ3v) is 0. The van der Waals surface area contributed by atoms with Gasteiger partial charge in [-0.05, 0) is 0 Å². The van der Waals surface area contributed by atoms with Gasteiger partial charge in [-0.15, -0.1) is 0 Å². The molecule has 0 unspecified atom stereocenters. The van der Waals surface area contributed by atoms with Crippen LogP contribution in [0.25, 0.3) is 0 Å². The van der Waals surface area contributed by atoms with Crippen LogP contribution in [0.3, 0.4) is 0 Å². The summed E-state index contributed by atoms with van der Waals surface area (Å²) in [6, 6.07) is 0. The number of rotatable bonds is 0. The molecular weight excluding hydrogens is 783 g/mol. The summed E-state index contributed by atoms with van der Waals surface area (Å²) in [6.07, 6.45) is 0. The third kappa shape index (κ3) is 26.7. The van der Waals surface area contributed by atoms with Crippen molar-refractivity contribution in [3.8, 4) is 0 Å².